The van der Waals surface area contributed by atoms with Gasteiger partial charge in [-0.05, 0) is 70.6 Å². The topological polar surface area (TPSA) is 78.9 Å². The van der Waals surface area contributed by atoms with Crippen LogP contribution in [0.2, 0.25) is 0 Å². The SMILES string of the molecule is CC/C=C\C/C=C\C/C=C\C/C=C\C/C=C\CC(=O)OCC(COC(=O)CCCCCCC/C=C\CCCCCC)OC(=O)CCCCCCCCCCCCCCCC. The highest BCUT2D eigenvalue weighted by Gasteiger charge is 2.19. The molecule has 0 aliphatic rings. The lowest BCUT2D eigenvalue weighted by Crippen LogP contribution is -2.30. The van der Waals surface area contributed by atoms with Crippen LogP contribution in [0.25, 0.3) is 0 Å². The van der Waals surface area contributed by atoms with E-state index in [1.54, 1.807) is 6.08 Å². The molecule has 1 atom stereocenters. The van der Waals surface area contributed by atoms with Crippen molar-refractivity contribution in [2.45, 2.75) is 239 Å². The van der Waals surface area contributed by atoms with Crippen molar-refractivity contribution in [3.63, 3.8) is 0 Å². The maximum Gasteiger partial charge on any atom is 0.309 e. The molecule has 1 unspecified atom stereocenters. The number of ether oxygens (including phenoxy) is 3. The Morgan fingerprint density at radius 2 is 0.717 bits per heavy atom. The Bertz CT molecular complexity index is 1140. The highest BCUT2D eigenvalue weighted by Crippen LogP contribution is 2.15. The molecule has 6 nitrogen and oxygen atoms in total. The first-order valence-electron chi connectivity index (χ1n) is 24.9. The molecule has 0 radical (unpaired) electrons. The quantitative estimate of drug-likeness (QED) is 0.0263. The number of carbonyl (C=O) groups excluding carboxylic acids is 3. The molecule has 0 heterocycles. The van der Waals surface area contributed by atoms with E-state index in [-0.39, 0.29) is 31.6 Å². The molecular formula is C54H92O6. The lowest BCUT2D eigenvalue weighted by atomic mass is 10.0. The Balaban J connectivity index is 4.51. The lowest BCUT2D eigenvalue weighted by Gasteiger charge is -2.18. The number of esters is 3. The molecule has 0 fully saturated rings. The van der Waals surface area contributed by atoms with E-state index >= 15 is 0 Å². The van der Waals surface area contributed by atoms with Gasteiger partial charge in [0.15, 0.2) is 6.10 Å². The number of hydrogen-bond donors (Lipinski definition) is 0. The molecular weight excluding hydrogens is 745 g/mol. The van der Waals surface area contributed by atoms with Crippen LogP contribution in [-0.2, 0) is 28.6 Å². The summed E-state index contributed by atoms with van der Waals surface area (Å²) in [5.74, 6) is -1.05. The van der Waals surface area contributed by atoms with Crippen molar-refractivity contribution in [2.24, 2.45) is 0 Å². The summed E-state index contributed by atoms with van der Waals surface area (Å²) in [6.07, 6.45) is 60.5. The predicted molar refractivity (Wildman–Crippen MR) is 256 cm³/mol. The van der Waals surface area contributed by atoms with Crippen molar-refractivity contribution in [3.05, 3.63) is 72.9 Å². The fraction of sp³-hybridized carbons (Fsp3) is 0.722. The van der Waals surface area contributed by atoms with Gasteiger partial charge >= 0.3 is 17.9 Å². The molecule has 0 bridgehead atoms. The van der Waals surface area contributed by atoms with Crippen LogP contribution in [-0.4, -0.2) is 37.2 Å². The van der Waals surface area contributed by atoms with Crippen molar-refractivity contribution in [2.75, 3.05) is 13.2 Å². The van der Waals surface area contributed by atoms with Gasteiger partial charge in [0.2, 0.25) is 0 Å². The van der Waals surface area contributed by atoms with Gasteiger partial charge in [-0.15, -0.1) is 0 Å². The maximum atomic E-state index is 12.8. The molecule has 344 valence electrons. The van der Waals surface area contributed by atoms with Crippen LogP contribution >= 0.6 is 0 Å². The van der Waals surface area contributed by atoms with E-state index in [4.69, 9.17) is 14.2 Å². The fourth-order valence-corrected chi connectivity index (χ4v) is 6.74. The van der Waals surface area contributed by atoms with Crippen LogP contribution in [0.4, 0.5) is 0 Å². The Morgan fingerprint density at radius 1 is 0.367 bits per heavy atom. The Morgan fingerprint density at radius 3 is 1.17 bits per heavy atom. The molecule has 0 aromatic heterocycles. The second-order valence-corrected chi connectivity index (χ2v) is 16.4. The van der Waals surface area contributed by atoms with E-state index in [1.807, 2.05) is 6.08 Å². The van der Waals surface area contributed by atoms with E-state index in [0.29, 0.717) is 12.8 Å². The average Bonchev–Trinajstić information content (AvgIpc) is 3.24. The number of hydrogen-bond acceptors (Lipinski definition) is 6. The zero-order valence-corrected chi connectivity index (χ0v) is 39.2. The highest BCUT2D eigenvalue weighted by atomic mass is 16.6. The summed E-state index contributed by atoms with van der Waals surface area (Å²) in [5.41, 5.74) is 0. The molecule has 0 aliphatic heterocycles. The van der Waals surface area contributed by atoms with Gasteiger partial charge in [0.25, 0.3) is 0 Å². The molecule has 0 rings (SSSR count). The van der Waals surface area contributed by atoms with Crippen LogP contribution in [0.5, 0.6) is 0 Å². The second-order valence-electron chi connectivity index (χ2n) is 16.4. The van der Waals surface area contributed by atoms with Crippen LogP contribution in [0.15, 0.2) is 72.9 Å². The second kappa shape index (κ2) is 48.5. The van der Waals surface area contributed by atoms with E-state index in [1.165, 1.54) is 109 Å². The van der Waals surface area contributed by atoms with Crippen LogP contribution in [0, 0.1) is 0 Å². The van der Waals surface area contributed by atoms with Gasteiger partial charge in [0.1, 0.15) is 13.2 Å². The van der Waals surface area contributed by atoms with Crippen molar-refractivity contribution in [1.29, 1.82) is 0 Å². The zero-order valence-electron chi connectivity index (χ0n) is 39.2. The average molecular weight is 837 g/mol. The summed E-state index contributed by atoms with van der Waals surface area (Å²) in [7, 11) is 0. The van der Waals surface area contributed by atoms with Crippen molar-refractivity contribution < 1.29 is 28.6 Å². The van der Waals surface area contributed by atoms with Gasteiger partial charge in [-0.2, -0.15) is 0 Å². The van der Waals surface area contributed by atoms with Gasteiger partial charge in [0, 0.05) is 12.8 Å². The third-order valence-corrected chi connectivity index (χ3v) is 10.5. The van der Waals surface area contributed by atoms with Gasteiger partial charge in [-0.1, -0.05) is 216 Å². The third kappa shape index (κ3) is 45.9. The molecule has 60 heavy (non-hydrogen) atoms. The molecule has 0 aromatic rings. The first-order chi connectivity index (χ1) is 29.5. The number of allylic oxidation sites excluding steroid dienone is 11. The minimum Gasteiger partial charge on any atom is -0.462 e. The van der Waals surface area contributed by atoms with E-state index < -0.39 is 12.1 Å². The van der Waals surface area contributed by atoms with E-state index in [2.05, 4.69) is 81.5 Å². The molecule has 0 amide bonds. The predicted octanol–water partition coefficient (Wildman–Crippen LogP) is 16.3. The van der Waals surface area contributed by atoms with Crippen LogP contribution in [0.1, 0.15) is 233 Å². The fourth-order valence-electron chi connectivity index (χ4n) is 6.74. The first-order valence-corrected chi connectivity index (χ1v) is 24.9. The summed E-state index contributed by atoms with van der Waals surface area (Å²) >= 11 is 0. The summed E-state index contributed by atoms with van der Waals surface area (Å²) in [6.45, 7) is 6.41. The summed E-state index contributed by atoms with van der Waals surface area (Å²) in [6, 6.07) is 0. The maximum absolute atomic E-state index is 12.8. The Kier molecular flexibility index (Phi) is 46.0. The Hall–Kier alpha value is -3.15. The number of rotatable bonds is 44. The standard InChI is InChI=1S/C54H92O6/c1-4-7-10-13-16-19-22-25-27-30-32-35-38-41-44-47-53(56)59-50-51(49-58-52(55)46-43-40-37-34-31-28-24-21-18-15-12-9-6-3)60-54(57)48-45-42-39-36-33-29-26-23-20-17-14-11-8-5-2/h7,10,16,19,21,24-25,27,32,35,41,44,51H,4-6,8-9,11-15,17-18,20,22-23,26,28-31,33-34,36-40,42-43,45-50H2,1-3H3/b10-7-,19-16-,24-21-,27-25-,35-32-,44-41-. The number of unbranched alkanes of at least 4 members (excludes halogenated alkanes) is 22. The molecule has 0 saturated heterocycles. The van der Waals surface area contributed by atoms with Crippen LogP contribution < -0.4 is 0 Å². The van der Waals surface area contributed by atoms with Crippen LogP contribution in [0.3, 0.4) is 0 Å². The van der Waals surface area contributed by atoms with Crippen molar-refractivity contribution >= 4 is 17.9 Å². The molecule has 0 saturated carbocycles. The van der Waals surface area contributed by atoms with E-state index in [0.717, 1.165) is 83.5 Å². The molecule has 0 N–H and O–H groups in total. The zero-order chi connectivity index (χ0) is 43.7. The van der Waals surface area contributed by atoms with Gasteiger partial charge in [-0.25, -0.2) is 0 Å². The largest absolute Gasteiger partial charge is 0.462 e. The molecule has 0 aliphatic carbocycles. The summed E-state index contributed by atoms with van der Waals surface area (Å²) < 4.78 is 16.7. The number of carbonyl (C=O) groups is 3. The van der Waals surface area contributed by atoms with Crippen molar-refractivity contribution in [3.8, 4) is 0 Å². The molecule has 0 aromatic carbocycles. The Labute approximate surface area is 370 Å². The minimum atomic E-state index is -0.815. The smallest absolute Gasteiger partial charge is 0.309 e. The highest BCUT2D eigenvalue weighted by molar-refractivity contribution is 5.72. The van der Waals surface area contributed by atoms with Gasteiger partial charge in [0.05, 0.1) is 6.42 Å². The minimum absolute atomic E-state index is 0.108. The normalized spacial score (nSPS) is 12.7. The molecule has 6 heteroatoms. The van der Waals surface area contributed by atoms with Gasteiger partial charge in [-0.3, -0.25) is 14.4 Å². The summed E-state index contributed by atoms with van der Waals surface area (Å²) in [4.78, 5) is 37.8. The van der Waals surface area contributed by atoms with E-state index in [9.17, 15) is 14.4 Å². The molecule has 0 spiro atoms. The summed E-state index contributed by atoms with van der Waals surface area (Å²) in [5, 5.41) is 0. The van der Waals surface area contributed by atoms with Gasteiger partial charge < -0.3 is 14.2 Å². The monoisotopic (exact) mass is 837 g/mol. The lowest BCUT2D eigenvalue weighted by molar-refractivity contribution is -0.166. The van der Waals surface area contributed by atoms with Crippen molar-refractivity contribution in [1.82, 2.24) is 0 Å². The first kappa shape index (κ1) is 56.9. The third-order valence-electron chi connectivity index (χ3n) is 10.5.